The first-order valence-electron chi connectivity index (χ1n) is 12.1. The zero-order valence-electron chi connectivity index (χ0n) is 18.9. The molecule has 1 aromatic carbocycles. The van der Waals surface area contributed by atoms with Gasteiger partial charge in [0.25, 0.3) is 0 Å². The quantitative estimate of drug-likeness (QED) is 0.758. The number of nitrogens with one attached hydrogen (secondary N) is 1. The van der Waals surface area contributed by atoms with E-state index in [-0.39, 0.29) is 17.8 Å². The zero-order chi connectivity index (χ0) is 22.1. The van der Waals surface area contributed by atoms with E-state index >= 15 is 0 Å². The van der Waals surface area contributed by atoms with Crippen molar-refractivity contribution in [3.63, 3.8) is 0 Å². The van der Waals surface area contributed by atoms with Gasteiger partial charge in [-0.15, -0.1) is 10.2 Å². The lowest BCUT2D eigenvalue weighted by Gasteiger charge is -2.33. The number of anilines is 2. The number of urea groups is 1. The maximum Gasteiger partial charge on any atom is 0.321 e. The second kappa shape index (κ2) is 9.08. The Morgan fingerprint density at radius 3 is 2.75 bits per heavy atom. The van der Waals surface area contributed by atoms with Crippen LogP contribution in [0.5, 0.6) is 0 Å². The van der Waals surface area contributed by atoms with Crippen molar-refractivity contribution in [1.29, 1.82) is 0 Å². The molecule has 0 radical (unpaired) electrons. The minimum Gasteiger partial charge on any atom is -0.369 e. The summed E-state index contributed by atoms with van der Waals surface area (Å²) in [5.74, 6) is 2.00. The molecule has 2 amide bonds. The van der Waals surface area contributed by atoms with Crippen LogP contribution in [-0.4, -0.2) is 51.9 Å². The van der Waals surface area contributed by atoms with E-state index in [0.717, 1.165) is 56.7 Å². The Labute approximate surface area is 189 Å². The van der Waals surface area contributed by atoms with Crippen LogP contribution < -0.4 is 10.2 Å². The molecule has 2 aliphatic heterocycles. The van der Waals surface area contributed by atoms with Crippen LogP contribution >= 0.6 is 0 Å². The van der Waals surface area contributed by atoms with E-state index in [2.05, 4.69) is 25.0 Å². The summed E-state index contributed by atoms with van der Waals surface area (Å²) in [4.78, 5) is 16.8. The van der Waals surface area contributed by atoms with Gasteiger partial charge < -0.3 is 19.7 Å². The zero-order valence-corrected chi connectivity index (χ0v) is 18.9. The molecule has 1 atom stereocenters. The molecule has 3 heterocycles. The Kier molecular flexibility index (Phi) is 6.02. The van der Waals surface area contributed by atoms with Gasteiger partial charge in [0.15, 0.2) is 0 Å². The summed E-state index contributed by atoms with van der Waals surface area (Å²) in [6, 6.07) is 5.26. The van der Waals surface area contributed by atoms with Crippen molar-refractivity contribution in [2.45, 2.75) is 76.3 Å². The summed E-state index contributed by atoms with van der Waals surface area (Å²) in [5, 5.41) is 11.6. The van der Waals surface area contributed by atoms with Gasteiger partial charge in [-0.25, -0.2) is 9.18 Å². The molecule has 2 aromatic rings. The Hall–Kier alpha value is -2.64. The standard InChI is InChI=1S/C24H33FN6O/c1-29(19-8-3-2-4-9-19)21-12-11-18(15-20(21)25)26-24(32)30-13-5-7-17(16-30)23-28-27-22-10-6-14-31(22)23/h11-12,15,17,19H,2-10,13-14,16H2,1H3,(H,26,32). The molecule has 1 N–H and O–H groups in total. The van der Waals surface area contributed by atoms with Crippen molar-refractivity contribution in [2.75, 3.05) is 30.4 Å². The number of hydrogen-bond acceptors (Lipinski definition) is 4. The third-order valence-corrected chi connectivity index (χ3v) is 7.41. The molecule has 0 spiro atoms. The minimum atomic E-state index is -0.286. The predicted molar refractivity (Wildman–Crippen MR) is 123 cm³/mol. The number of hydrogen-bond donors (Lipinski definition) is 1. The average Bonchev–Trinajstić information content (AvgIpc) is 3.44. The van der Waals surface area contributed by atoms with Crippen molar-refractivity contribution in [3.8, 4) is 0 Å². The third kappa shape index (κ3) is 4.19. The Balaban J connectivity index is 1.23. The van der Waals surface area contributed by atoms with Crippen molar-refractivity contribution in [3.05, 3.63) is 35.7 Å². The van der Waals surface area contributed by atoms with Gasteiger partial charge in [0.1, 0.15) is 17.5 Å². The Morgan fingerprint density at radius 1 is 1.09 bits per heavy atom. The van der Waals surface area contributed by atoms with E-state index in [0.29, 0.717) is 30.5 Å². The number of aryl methyl sites for hydroxylation is 1. The van der Waals surface area contributed by atoms with Gasteiger partial charge in [0, 0.05) is 50.7 Å². The molecule has 8 heteroatoms. The molecule has 7 nitrogen and oxygen atoms in total. The van der Waals surface area contributed by atoms with E-state index in [1.165, 1.54) is 25.3 Å². The molecule has 2 fully saturated rings. The topological polar surface area (TPSA) is 66.3 Å². The summed E-state index contributed by atoms with van der Waals surface area (Å²) in [6.45, 7) is 2.30. The average molecular weight is 441 g/mol. The molecule has 3 aliphatic rings. The van der Waals surface area contributed by atoms with Gasteiger partial charge in [-0.1, -0.05) is 19.3 Å². The Morgan fingerprint density at radius 2 is 1.94 bits per heavy atom. The highest BCUT2D eigenvalue weighted by Crippen LogP contribution is 2.31. The number of benzene rings is 1. The first-order chi connectivity index (χ1) is 15.6. The lowest BCUT2D eigenvalue weighted by molar-refractivity contribution is 0.190. The molecule has 1 unspecified atom stereocenters. The van der Waals surface area contributed by atoms with Crippen molar-refractivity contribution in [1.82, 2.24) is 19.7 Å². The first-order valence-corrected chi connectivity index (χ1v) is 12.1. The van der Waals surface area contributed by atoms with E-state index in [9.17, 15) is 9.18 Å². The highest BCUT2D eigenvalue weighted by molar-refractivity contribution is 5.89. The predicted octanol–water partition coefficient (Wildman–Crippen LogP) is 4.54. The number of halogens is 1. The summed E-state index contributed by atoms with van der Waals surface area (Å²) in [6.07, 6.45) is 9.96. The normalized spacial score (nSPS) is 21.4. The van der Waals surface area contributed by atoms with Gasteiger partial charge >= 0.3 is 6.03 Å². The van der Waals surface area contributed by atoms with Crippen molar-refractivity contribution < 1.29 is 9.18 Å². The molecule has 5 rings (SSSR count). The fourth-order valence-electron chi connectivity index (χ4n) is 5.59. The Bertz CT molecular complexity index is 969. The highest BCUT2D eigenvalue weighted by atomic mass is 19.1. The van der Waals surface area contributed by atoms with Gasteiger partial charge in [-0.05, 0) is 50.3 Å². The number of amides is 2. The maximum absolute atomic E-state index is 14.9. The van der Waals surface area contributed by atoms with E-state index in [1.54, 1.807) is 6.07 Å². The second-order valence-corrected chi connectivity index (χ2v) is 9.51. The molecular formula is C24H33FN6O. The SMILES string of the molecule is CN(c1ccc(NC(=O)N2CCCC(c3nnc4n3CCC4)C2)cc1F)C1CCCCC1. The van der Waals surface area contributed by atoms with E-state index in [1.807, 2.05) is 18.0 Å². The summed E-state index contributed by atoms with van der Waals surface area (Å²) in [7, 11) is 1.97. The molecule has 1 saturated carbocycles. The monoisotopic (exact) mass is 440 g/mol. The van der Waals surface area contributed by atoms with Crippen molar-refractivity contribution >= 4 is 17.4 Å². The molecule has 32 heavy (non-hydrogen) atoms. The van der Waals surface area contributed by atoms with Gasteiger partial charge in [-0.2, -0.15) is 0 Å². The van der Waals surface area contributed by atoms with Crippen LogP contribution in [0, 0.1) is 5.82 Å². The smallest absolute Gasteiger partial charge is 0.321 e. The lowest BCUT2D eigenvalue weighted by Crippen LogP contribution is -2.42. The molecule has 1 aromatic heterocycles. The molecular weight excluding hydrogens is 407 g/mol. The third-order valence-electron chi connectivity index (χ3n) is 7.41. The van der Waals surface area contributed by atoms with E-state index < -0.39 is 0 Å². The molecule has 0 bridgehead atoms. The number of carbonyl (C=O) groups is 1. The number of aromatic nitrogens is 3. The molecule has 172 valence electrons. The largest absolute Gasteiger partial charge is 0.369 e. The number of carbonyl (C=O) groups excluding carboxylic acids is 1. The summed E-state index contributed by atoms with van der Waals surface area (Å²) >= 11 is 0. The van der Waals surface area contributed by atoms with Crippen LogP contribution in [0.2, 0.25) is 0 Å². The van der Waals surface area contributed by atoms with Gasteiger partial charge in [0.2, 0.25) is 0 Å². The van der Waals surface area contributed by atoms with Crippen LogP contribution in [0.3, 0.4) is 0 Å². The first kappa shape index (κ1) is 21.2. The fraction of sp³-hybridized carbons (Fsp3) is 0.625. The highest BCUT2D eigenvalue weighted by Gasteiger charge is 2.30. The summed E-state index contributed by atoms with van der Waals surface area (Å²) < 4.78 is 17.1. The minimum absolute atomic E-state index is 0.177. The van der Waals surface area contributed by atoms with Crippen LogP contribution in [0.4, 0.5) is 20.6 Å². The van der Waals surface area contributed by atoms with Crippen LogP contribution in [0.1, 0.15) is 68.9 Å². The van der Waals surface area contributed by atoms with Crippen LogP contribution in [-0.2, 0) is 13.0 Å². The summed E-state index contributed by atoms with van der Waals surface area (Å²) in [5.41, 5.74) is 1.10. The number of piperidine rings is 1. The van der Waals surface area contributed by atoms with Gasteiger partial charge in [0.05, 0.1) is 5.69 Å². The number of nitrogens with zero attached hydrogens (tertiary/aromatic N) is 5. The van der Waals surface area contributed by atoms with Gasteiger partial charge in [-0.3, -0.25) is 0 Å². The van der Waals surface area contributed by atoms with Crippen LogP contribution in [0.25, 0.3) is 0 Å². The molecule has 1 saturated heterocycles. The van der Waals surface area contributed by atoms with E-state index in [4.69, 9.17) is 0 Å². The van der Waals surface area contributed by atoms with Crippen LogP contribution in [0.15, 0.2) is 18.2 Å². The second-order valence-electron chi connectivity index (χ2n) is 9.51. The number of rotatable bonds is 4. The maximum atomic E-state index is 14.9. The number of fused-ring (bicyclic) bond motifs is 1. The number of likely N-dealkylation sites (tertiary alicyclic amines) is 1. The lowest BCUT2D eigenvalue weighted by atomic mass is 9.94. The molecule has 1 aliphatic carbocycles. The van der Waals surface area contributed by atoms with Crippen molar-refractivity contribution in [2.24, 2.45) is 0 Å². The fourth-order valence-corrected chi connectivity index (χ4v) is 5.59.